The zero-order valence-electron chi connectivity index (χ0n) is 13.3. The highest BCUT2D eigenvalue weighted by Crippen LogP contribution is 2.26. The largest absolute Gasteiger partial charge is 0.389 e. The molecule has 1 fully saturated rings. The van der Waals surface area contributed by atoms with Gasteiger partial charge in [-0.3, -0.25) is 4.90 Å². The summed E-state index contributed by atoms with van der Waals surface area (Å²) in [4.78, 5) is 2.16. The molecule has 0 bridgehead atoms. The van der Waals surface area contributed by atoms with Gasteiger partial charge in [-0.1, -0.05) is 51.1 Å². The zero-order valence-corrected chi connectivity index (χ0v) is 13.3. The van der Waals surface area contributed by atoms with E-state index < -0.39 is 12.2 Å². The third kappa shape index (κ3) is 4.27. The molecule has 0 saturated carbocycles. The molecular formula is C17H28N2O2. The number of nitrogens with zero attached hydrogens (tertiary/aromatic N) is 1. The van der Waals surface area contributed by atoms with E-state index in [0.717, 1.165) is 13.1 Å². The van der Waals surface area contributed by atoms with Gasteiger partial charge in [0.2, 0.25) is 0 Å². The summed E-state index contributed by atoms with van der Waals surface area (Å²) in [5.41, 5.74) is 1.24. The minimum atomic E-state index is -0.622. The fourth-order valence-electron chi connectivity index (χ4n) is 2.99. The Kier molecular flexibility index (Phi) is 5.38. The van der Waals surface area contributed by atoms with Gasteiger partial charge in [-0.05, 0) is 5.56 Å². The highest BCUT2D eigenvalue weighted by atomic mass is 16.3. The van der Waals surface area contributed by atoms with Crippen LogP contribution in [0.1, 0.15) is 26.3 Å². The number of hydrogen-bond acceptors (Lipinski definition) is 4. The van der Waals surface area contributed by atoms with E-state index in [1.807, 2.05) is 6.07 Å². The van der Waals surface area contributed by atoms with Gasteiger partial charge >= 0.3 is 0 Å². The van der Waals surface area contributed by atoms with Crippen molar-refractivity contribution in [2.45, 2.75) is 44.4 Å². The number of likely N-dealkylation sites (tertiary alicyclic amines) is 1. The average molecular weight is 292 g/mol. The summed E-state index contributed by atoms with van der Waals surface area (Å²) in [6.07, 6.45) is -1.24. The van der Waals surface area contributed by atoms with E-state index >= 15 is 0 Å². The Morgan fingerprint density at radius 1 is 1.19 bits per heavy atom. The third-order valence-electron chi connectivity index (χ3n) is 4.28. The van der Waals surface area contributed by atoms with Gasteiger partial charge < -0.3 is 15.5 Å². The monoisotopic (exact) mass is 292 g/mol. The molecule has 2 rings (SSSR count). The Morgan fingerprint density at radius 3 is 2.29 bits per heavy atom. The van der Waals surface area contributed by atoms with Crippen LogP contribution in [0.25, 0.3) is 0 Å². The minimum Gasteiger partial charge on any atom is -0.389 e. The topological polar surface area (TPSA) is 55.7 Å². The molecule has 3 N–H and O–H groups in total. The van der Waals surface area contributed by atoms with E-state index in [-0.39, 0.29) is 5.41 Å². The molecule has 21 heavy (non-hydrogen) atoms. The van der Waals surface area contributed by atoms with Crippen molar-refractivity contribution in [3.63, 3.8) is 0 Å². The number of benzene rings is 1. The van der Waals surface area contributed by atoms with E-state index in [9.17, 15) is 10.2 Å². The second-order valence-corrected chi connectivity index (χ2v) is 6.79. The molecule has 0 radical (unpaired) electrons. The second-order valence-electron chi connectivity index (χ2n) is 6.79. The van der Waals surface area contributed by atoms with E-state index in [0.29, 0.717) is 19.1 Å². The Morgan fingerprint density at radius 2 is 1.76 bits per heavy atom. The summed E-state index contributed by atoms with van der Waals surface area (Å²) in [6, 6.07) is 10.9. The molecule has 0 amide bonds. The molecule has 118 valence electrons. The second kappa shape index (κ2) is 6.88. The quantitative estimate of drug-likeness (QED) is 0.731. The fourth-order valence-corrected chi connectivity index (χ4v) is 2.99. The molecule has 4 nitrogen and oxygen atoms in total. The first-order chi connectivity index (χ1) is 9.90. The molecule has 3 unspecified atom stereocenters. The highest BCUT2D eigenvalue weighted by molar-refractivity contribution is 5.26. The molecular weight excluding hydrogens is 264 g/mol. The van der Waals surface area contributed by atoms with Crippen molar-refractivity contribution in [3.8, 4) is 0 Å². The normalized spacial score (nSPS) is 26.2. The number of nitrogens with one attached hydrogen (secondary N) is 1. The van der Waals surface area contributed by atoms with E-state index in [2.05, 4.69) is 55.3 Å². The van der Waals surface area contributed by atoms with Crippen molar-refractivity contribution >= 4 is 0 Å². The predicted octanol–water partition coefficient (Wildman–Crippen LogP) is 0.980. The summed E-state index contributed by atoms with van der Waals surface area (Å²) in [7, 11) is 0. The fraction of sp³-hybridized carbons (Fsp3) is 0.647. The summed E-state index contributed by atoms with van der Waals surface area (Å²) < 4.78 is 0. The first kappa shape index (κ1) is 16.4. The number of aliphatic hydroxyl groups excluding tert-OH is 2. The van der Waals surface area contributed by atoms with E-state index in [1.165, 1.54) is 5.56 Å². The number of β-amino-alcohol motifs (C(OH)–C–C–N with tert-alkyl or cyclic N) is 2. The summed E-state index contributed by atoms with van der Waals surface area (Å²) in [5.74, 6) is 0. The van der Waals surface area contributed by atoms with Crippen LogP contribution in [-0.2, 0) is 5.41 Å². The average Bonchev–Trinajstić information content (AvgIpc) is 2.76. The maximum absolute atomic E-state index is 9.75. The molecule has 3 atom stereocenters. The van der Waals surface area contributed by atoms with Gasteiger partial charge in [0.05, 0.1) is 12.2 Å². The maximum Gasteiger partial charge on any atom is 0.0938 e. The molecule has 1 aliphatic heterocycles. The lowest BCUT2D eigenvalue weighted by Crippen LogP contribution is -2.46. The Hall–Kier alpha value is -0.940. The lowest BCUT2D eigenvalue weighted by Gasteiger charge is -2.35. The van der Waals surface area contributed by atoms with Crippen LogP contribution >= 0.6 is 0 Å². The van der Waals surface area contributed by atoms with Gasteiger partial charge in [-0.25, -0.2) is 0 Å². The molecule has 1 aromatic rings. The van der Waals surface area contributed by atoms with Gasteiger partial charge in [-0.2, -0.15) is 0 Å². The molecule has 1 saturated heterocycles. The first-order valence-electron chi connectivity index (χ1n) is 7.78. The smallest absolute Gasteiger partial charge is 0.0938 e. The van der Waals surface area contributed by atoms with Crippen molar-refractivity contribution < 1.29 is 10.2 Å². The van der Waals surface area contributed by atoms with Crippen molar-refractivity contribution in [1.29, 1.82) is 0 Å². The lowest BCUT2D eigenvalue weighted by molar-refractivity contribution is 0.0572. The van der Waals surface area contributed by atoms with Crippen LogP contribution in [0.2, 0.25) is 0 Å². The maximum atomic E-state index is 9.75. The third-order valence-corrected chi connectivity index (χ3v) is 4.28. The Balaban J connectivity index is 2.12. The van der Waals surface area contributed by atoms with Gasteiger partial charge in [-0.15, -0.1) is 0 Å². The van der Waals surface area contributed by atoms with Crippen LogP contribution in [0.3, 0.4) is 0 Å². The van der Waals surface area contributed by atoms with Crippen LogP contribution in [0.5, 0.6) is 0 Å². The van der Waals surface area contributed by atoms with Crippen molar-refractivity contribution in [1.82, 2.24) is 10.2 Å². The molecule has 0 aromatic heterocycles. The van der Waals surface area contributed by atoms with Crippen LogP contribution < -0.4 is 5.32 Å². The molecule has 1 aliphatic rings. The van der Waals surface area contributed by atoms with Gasteiger partial charge in [0.15, 0.2) is 0 Å². The molecule has 1 heterocycles. The molecule has 1 aromatic carbocycles. The number of hydrogen-bond donors (Lipinski definition) is 3. The van der Waals surface area contributed by atoms with Gasteiger partial charge in [0.25, 0.3) is 0 Å². The zero-order chi connectivity index (χ0) is 15.5. The molecule has 0 aliphatic carbocycles. The van der Waals surface area contributed by atoms with Crippen LogP contribution in [0, 0.1) is 0 Å². The van der Waals surface area contributed by atoms with Crippen LogP contribution in [-0.4, -0.2) is 59.5 Å². The summed E-state index contributed by atoms with van der Waals surface area (Å²) >= 11 is 0. The molecule has 4 heteroatoms. The number of rotatable bonds is 6. The van der Waals surface area contributed by atoms with Gasteiger partial charge in [0, 0.05) is 37.6 Å². The predicted molar refractivity (Wildman–Crippen MR) is 85.4 cm³/mol. The first-order valence-corrected chi connectivity index (χ1v) is 7.78. The van der Waals surface area contributed by atoms with Crippen molar-refractivity contribution in [2.75, 3.05) is 26.2 Å². The van der Waals surface area contributed by atoms with Crippen molar-refractivity contribution in [3.05, 3.63) is 35.9 Å². The van der Waals surface area contributed by atoms with E-state index in [1.54, 1.807) is 0 Å². The summed E-state index contributed by atoms with van der Waals surface area (Å²) in [5, 5.41) is 23.0. The summed E-state index contributed by atoms with van der Waals surface area (Å²) in [6.45, 7) is 9.33. The minimum absolute atomic E-state index is 0.0463. The van der Waals surface area contributed by atoms with Crippen LogP contribution in [0.4, 0.5) is 0 Å². The Bertz CT molecular complexity index is 428. The highest BCUT2D eigenvalue weighted by Gasteiger charge is 2.35. The molecule has 0 spiro atoms. The lowest BCUT2D eigenvalue weighted by atomic mass is 9.81. The standard InChI is InChI=1S/C17H28N2O2/c1-13(2)18-11-17(3,14-7-5-4-6-8-14)12-19-9-15(20)16(21)10-19/h4-8,13,15-16,18,20-21H,9-12H2,1-3H3. The van der Waals surface area contributed by atoms with Crippen molar-refractivity contribution in [2.24, 2.45) is 0 Å². The van der Waals surface area contributed by atoms with Gasteiger partial charge in [0.1, 0.15) is 0 Å². The van der Waals surface area contributed by atoms with Crippen LogP contribution in [0.15, 0.2) is 30.3 Å². The SMILES string of the molecule is CC(C)NCC(C)(CN1CC(O)C(O)C1)c1ccccc1. The number of aliphatic hydroxyl groups is 2. The Labute approximate surface area is 127 Å². The van der Waals surface area contributed by atoms with E-state index in [4.69, 9.17) is 0 Å².